The molecule has 8 heteroatoms. The molecule has 0 bridgehead atoms. The Balaban J connectivity index is 2.41. The molecule has 2 rings (SSSR count). The van der Waals surface area contributed by atoms with Gasteiger partial charge in [-0.05, 0) is 19.1 Å². The Kier molecular flexibility index (Phi) is 3.93. The van der Waals surface area contributed by atoms with Crippen molar-refractivity contribution in [2.75, 3.05) is 6.61 Å². The molecule has 1 amide bonds. The van der Waals surface area contributed by atoms with E-state index in [9.17, 15) is 18.0 Å². The van der Waals surface area contributed by atoms with E-state index < -0.39 is 24.5 Å². The first-order chi connectivity index (χ1) is 9.43. The first-order valence-corrected chi connectivity index (χ1v) is 5.86. The number of imidazole rings is 1. The number of hydroxylamine groups is 1. The predicted octanol–water partition coefficient (Wildman–Crippen LogP) is 2.12. The maximum absolute atomic E-state index is 12.9. The number of rotatable bonds is 4. The third-order valence-electron chi connectivity index (χ3n) is 2.54. The monoisotopic (exact) mass is 287 g/mol. The topological polar surface area (TPSA) is 56.1 Å². The fraction of sp³-hybridized carbons (Fsp3) is 0.333. The molecule has 0 aliphatic heterocycles. The SMILES string of the molecule is CCONC(=O)Cn1c(C(F)(F)F)nc2ccccc21. The molecule has 0 atom stereocenters. The largest absolute Gasteiger partial charge is 0.449 e. The molecule has 1 aromatic heterocycles. The Morgan fingerprint density at radius 3 is 2.75 bits per heavy atom. The van der Waals surface area contributed by atoms with E-state index >= 15 is 0 Å². The van der Waals surface area contributed by atoms with E-state index in [1.54, 1.807) is 19.1 Å². The van der Waals surface area contributed by atoms with E-state index in [-0.39, 0.29) is 17.6 Å². The minimum atomic E-state index is -4.63. The molecule has 0 saturated carbocycles. The Morgan fingerprint density at radius 2 is 2.10 bits per heavy atom. The molecule has 0 aliphatic rings. The molecule has 0 aliphatic carbocycles. The van der Waals surface area contributed by atoms with Crippen LogP contribution in [0.5, 0.6) is 0 Å². The second-order valence-electron chi connectivity index (χ2n) is 3.97. The number of nitrogens with one attached hydrogen (secondary N) is 1. The summed E-state index contributed by atoms with van der Waals surface area (Å²) in [4.78, 5) is 19.7. The van der Waals surface area contributed by atoms with Gasteiger partial charge >= 0.3 is 6.18 Å². The predicted molar refractivity (Wildman–Crippen MR) is 64.5 cm³/mol. The second kappa shape index (κ2) is 5.49. The number of amides is 1. The number of nitrogens with zero attached hydrogens (tertiary/aromatic N) is 2. The zero-order valence-electron chi connectivity index (χ0n) is 10.6. The molecule has 5 nitrogen and oxygen atoms in total. The summed E-state index contributed by atoms with van der Waals surface area (Å²) < 4.78 is 39.7. The van der Waals surface area contributed by atoms with Crippen molar-refractivity contribution in [2.24, 2.45) is 0 Å². The number of fused-ring (bicyclic) bond motifs is 1. The summed E-state index contributed by atoms with van der Waals surface area (Å²) in [6.45, 7) is 1.35. The van der Waals surface area contributed by atoms with Crippen molar-refractivity contribution in [1.82, 2.24) is 15.0 Å². The van der Waals surface area contributed by atoms with E-state index in [1.807, 2.05) is 0 Å². The first-order valence-electron chi connectivity index (χ1n) is 5.86. The number of carbonyl (C=O) groups is 1. The molecule has 1 N–H and O–H groups in total. The third kappa shape index (κ3) is 2.90. The van der Waals surface area contributed by atoms with E-state index in [0.29, 0.717) is 0 Å². The summed E-state index contributed by atoms with van der Waals surface area (Å²) >= 11 is 0. The minimum absolute atomic E-state index is 0.184. The lowest BCUT2D eigenvalue weighted by atomic mass is 10.3. The highest BCUT2D eigenvalue weighted by Crippen LogP contribution is 2.31. The molecule has 0 fully saturated rings. The number of carbonyl (C=O) groups excluding carboxylic acids is 1. The van der Waals surface area contributed by atoms with E-state index in [4.69, 9.17) is 0 Å². The molecular formula is C12H12F3N3O2. The van der Waals surface area contributed by atoms with Gasteiger partial charge in [-0.1, -0.05) is 12.1 Å². The van der Waals surface area contributed by atoms with Crippen LogP contribution in [0.1, 0.15) is 12.7 Å². The average Bonchev–Trinajstić information content (AvgIpc) is 2.75. The number of halogens is 3. The summed E-state index contributed by atoms with van der Waals surface area (Å²) in [6.07, 6.45) is -4.63. The van der Waals surface area contributed by atoms with Crippen molar-refractivity contribution in [3.05, 3.63) is 30.1 Å². The quantitative estimate of drug-likeness (QED) is 0.876. The average molecular weight is 287 g/mol. The fourth-order valence-corrected chi connectivity index (χ4v) is 1.78. The van der Waals surface area contributed by atoms with Gasteiger partial charge in [0.15, 0.2) is 0 Å². The lowest BCUT2D eigenvalue weighted by Gasteiger charge is -2.11. The molecular weight excluding hydrogens is 275 g/mol. The number of hydrogen-bond donors (Lipinski definition) is 1. The van der Waals surface area contributed by atoms with Gasteiger partial charge in [0.05, 0.1) is 17.6 Å². The Labute approximate surface area is 112 Å². The van der Waals surface area contributed by atoms with Crippen LogP contribution in [0, 0.1) is 0 Å². The second-order valence-corrected chi connectivity index (χ2v) is 3.97. The van der Waals surface area contributed by atoms with E-state index in [1.165, 1.54) is 12.1 Å². The van der Waals surface area contributed by atoms with Crippen LogP contribution in [-0.4, -0.2) is 22.1 Å². The number of alkyl halides is 3. The van der Waals surface area contributed by atoms with Gasteiger partial charge in [0.25, 0.3) is 5.91 Å². The molecule has 0 saturated heterocycles. The maximum atomic E-state index is 12.9. The molecule has 20 heavy (non-hydrogen) atoms. The van der Waals surface area contributed by atoms with Crippen molar-refractivity contribution in [1.29, 1.82) is 0 Å². The minimum Gasteiger partial charge on any atom is -0.311 e. The van der Waals surface area contributed by atoms with Crippen LogP contribution < -0.4 is 5.48 Å². The summed E-state index contributed by atoms with van der Waals surface area (Å²) in [6, 6.07) is 6.11. The van der Waals surface area contributed by atoms with Crippen LogP contribution in [0.3, 0.4) is 0 Å². The lowest BCUT2D eigenvalue weighted by molar-refractivity contribution is -0.148. The van der Waals surface area contributed by atoms with Gasteiger partial charge in [-0.25, -0.2) is 10.5 Å². The number of hydrogen-bond acceptors (Lipinski definition) is 3. The summed E-state index contributed by atoms with van der Waals surface area (Å²) in [7, 11) is 0. The van der Waals surface area contributed by atoms with E-state index in [0.717, 1.165) is 4.57 Å². The van der Waals surface area contributed by atoms with Crippen LogP contribution in [-0.2, 0) is 22.4 Å². The highest BCUT2D eigenvalue weighted by Gasteiger charge is 2.37. The van der Waals surface area contributed by atoms with Gasteiger partial charge < -0.3 is 4.57 Å². The molecule has 2 aromatic rings. The molecule has 0 unspecified atom stereocenters. The van der Waals surface area contributed by atoms with Gasteiger partial charge in [0.1, 0.15) is 6.54 Å². The highest BCUT2D eigenvalue weighted by molar-refractivity contribution is 5.80. The van der Waals surface area contributed by atoms with Crippen LogP contribution in [0.4, 0.5) is 13.2 Å². The summed E-state index contributed by atoms with van der Waals surface area (Å²) in [5, 5.41) is 0. The van der Waals surface area contributed by atoms with Crippen LogP contribution in [0.15, 0.2) is 24.3 Å². The standard InChI is InChI=1S/C12H12F3N3O2/c1-2-20-17-10(19)7-18-9-6-4-3-5-8(9)16-11(18)12(13,14)15/h3-6H,2,7H2,1H3,(H,17,19). The number of benzene rings is 1. The van der Waals surface area contributed by atoms with Crippen molar-refractivity contribution in [3.63, 3.8) is 0 Å². The molecule has 108 valence electrons. The summed E-state index contributed by atoms with van der Waals surface area (Å²) in [5.74, 6) is -1.79. The lowest BCUT2D eigenvalue weighted by Crippen LogP contribution is -2.29. The van der Waals surface area contributed by atoms with Crippen molar-refractivity contribution >= 4 is 16.9 Å². The van der Waals surface area contributed by atoms with Crippen molar-refractivity contribution < 1.29 is 22.8 Å². The molecule has 0 spiro atoms. The zero-order chi connectivity index (χ0) is 14.8. The maximum Gasteiger partial charge on any atom is 0.449 e. The van der Waals surface area contributed by atoms with Crippen LogP contribution in [0.25, 0.3) is 11.0 Å². The Hall–Kier alpha value is -2.09. The highest BCUT2D eigenvalue weighted by atomic mass is 19.4. The Bertz CT molecular complexity index is 622. The third-order valence-corrected chi connectivity index (χ3v) is 2.54. The van der Waals surface area contributed by atoms with Gasteiger partial charge in [0, 0.05) is 0 Å². The molecule has 0 radical (unpaired) electrons. The van der Waals surface area contributed by atoms with Gasteiger partial charge in [-0.2, -0.15) is 13.2 Å². The van der Waals surface area contributed by atoms with Crippen LogP contribution in [0.2, 0.25) is 0 Å². The van der Waals surface area contributed by atoms with E-state index in [2.05, 4.69) is 15.3 Å². The Morgan fingerprint density at radius 1 is 1.40 bits per heavy atom. The molecule has 1 heterocycles. The first kappa shape index (κ1) is 14.3. The van der Waals surface area contributed by atoms with Gasteiger partial charge in [-0.15, -0.1) is 0 Å². The van der Waals surface area contributed by atoms with Crippen molar-refractivity contribution in [2.45, 2.75) is 19.6 Å². The normalized spacial score (nSPS) is 11.8. The fourth-order valence-electron chi connectivity index (χ4n) is 1.78. The van der Waals surface area contributed by atoms with Gasteiger partial charge in [-0.3, -0.25) is 9.63 Å². The summed E-state index contributed by atoms with van der Waals surface area (Å²) in [5.41, 5.74) is 2.49. The number of para-hydroxylation sites is 2. The zero-order valence-corrected chi connectivity index (χ0v) is 10.6. The molecule has 1 aromatic carbocycles. The van der Waals surface area contributed by atoms with Crippen LogP contribution >= 0.6 is 0 Å². The number of aromatic nitrogens is 2. The van der Waals surface area contributed by atoms with Crippen molar-refractivity contribution in [3.8, 4) is 0 Å². The van der Waals surface area contributed by atoms with Gasteiger partial charge in [0.2, 0.25) is 5.82 Å². The smallest absolute Gasteiger partial charge is 0.311 e.